The number of aromatic nitrogens is 1. The number of para-hydroxylation sites is 1. The van der Waals surface area contributed by atoms with Crippen LogP contribution in [0.2, 0.25) is 0 Å². The van der Waals surface area contributed by atoms with Gasteiger partial charge in [-0.1, -0.05) is 12.1 Å². The highest BCUT2D eigenvalue weighted by molar-refractivity contribution is 7.89. The van der Waals surface area contributed by atoms with E-state index in [1.54, 1.807) is 18.3 Å². The molecule has 5 nitrogen and oxygen atoms in total. The molecule has 2 aromatic rings. The van der Waals surface area contributed by atoms with Crippen LogP contribution in [-0.2, 0) is 10.0 Å². The third kappa shape index (κ3) is 2.54. The van der Waals surface area contributed by atoms with Crippen LogP contribution in [0.3, 0.4) is 0 Å². The first-order chi connectivity index (χ1) is 9.56. The predicted octanol–water partition coefficient (Wildman–Crippen LogP) is 1.18. The molecule has 0 saturated carbocycles. The van der Waals surface area contributed by atoms with E-state index in [4.69, 9.17) is 0 Å². The van der Waals surface area contributed by atoms with E-state index in [2.05, 4.69) is 15.0 Å². The molecule has 3 rings (SSSR count). The summed E-state index contributed by atoms with van der Waals surface area (Å²) in [7, 11) is -3.54. The van der Waals surface area contributed by atoms with Crippen molar-refractivity contribution in [3.8, 4) is 0 Å². The van der Waals surface area contributed by atoms with E-state index in [9.17, 15) is 8.42 Å². The van der Waals surface area contributed by atoms with Crippen molar-refractivity contribution in [3.63, 3.8) is 0 Å². The topological polar surface area (TPSA) is 71.1 Å². The smallest absolute Gasteiger partial charge is 0.243 e. The SMILES string of the molecule is Cc1cnc2c(S(=O)(=O)N[C@@H]3CCNC3)cccc2c1. The lowest BCUT2D eigenvalue weighted by atomic mass is 10.2. The maximum Gasteiger partial charge on any atom is 0.243 e. The van der Waals surface area contributed by atoms with Crippen molar-refractivity contribution in [2.75, 3.05) is 13.1 Å². The number of aryl methyl sites for hydroxylation is 1. The second-order valence-electron chi connectivity index (χ2n) is 5.15. The molecule has 1 aliphatic rings. The van der Waals surface area contributed by atoms with Gasteiger partial charge in [0.1, 0.15) is 4.90 Å². The van der Waals surface area contributed by atoms with Crippen LogP contribution in [0.5, 0.6) is 0 Å². The number of benzene rings is 1. The van der Waals surface area contributed by atoms with Crippen molar-refractivity contribution in [1.29, 1.82) is 0 Å². The molecule has 0 aliphatic carbocycles. The average molecular weight is 291 g/mol. The van der Waals surface area contributed by atoms with E-state index in [1.807, 2.05) is 19.1 Å². The van der Waals surface area contributed by atoms with Crippen molar-refractivity contribution < 1.29 is 8.42 Å². The largest absolute Gasteiger partial charge is 0.315 e. The Kier molecular flexibility index (Phi) is 3.45. The van der Waals surface area contributed by atoms with Gasteiger partial charge in [0.05, 0.1) is 5.52 Å². The molecule has 0 radical (unpaired) electrons. The fraction of sp³-hybridized carbons (Fsp3) is 0.357. The number of pyridine rings is 1. The van der Waals surface area contributed by atoms with Crippen LogP contribution in [0.15, 0.2) is 35.4 Å². The van der Waals surface area contributed by atoms with Crippen LogP contribution >= 0.6 is 0 Å². The second-order valence-corrected chi connectivity index (χ2v) is 6.83. The predicted molar refractivity (Wildman–Crippen MR) is 78.1 cm³/mol. The zero-order valence-electron chi connectivity index (χ0n) is 11.3. The van der Waals surface area contributed by atoms with Gasteiger partial charge in [-0.15, -0.1) is 0 Å². The lowest BCUT2D eigenvalue weighted by Gasteiger charge is -2.13. The molecule has 0 amide bonds. The Morgan fingerprint density at radius 1 is 1.40 bits per heavy atom. The third-order valence-electron chi connectivity index (χ3n) is 3.48. The quantitative estimate of drug-likeness (QED) is 0.891. The number of hydrogen-bond donors (Lipinski definition) is 2. The number of rotatable bonds is 3. The molecule has 1 aromatic carbocycles. The molecule has 0 bridgehead atoms. The van der Waals surface area contributed by atoms with Gasteiger partial charge < -0.3 is 5.32 Å². The monoisotopic (exact) mass is 291 g/mol. The Morgan fingerprint density at radius 2 is 2.25 bits per heavy atom. The number of fused-ring (bicyclic) bond motifs is 1. The fourth-order valence-electron chi connectivity index (χ4n) is 2.50. The van der Waals surface area contributed by atoms with Crippen molar-refractivity contribution in [1.82, 2.24) is 15.0 Å². The Morgan fingerprint density at radius 3 is 3.00 bits per heavy atom. The Bertz CT molecular complexity index is 737. The highest BCUT2D eigenvalue weighted by Gasteiger charge is 2.24. The summed E-state index contributed by atoms with van der Waals surface area (Å²) < 4.78 is 27.8. The van der Waals surface area contributed by atoms with Gasteiger partial charge in [-0.05, 0) is 37.6 Å². The van der Waals surface area contributed by atoms with E-state index in [1.165, 1.54) is 0 Å². The maximum absolute atomic E-state index is 12.5. The minimum atomic E-state index is -3.54. The highest BCUT2D eigenvalue weighted by atomic mass is 32.2. The summed E-state index contributed by atoms with van der Waals surface area (Å²) in [4.78, 5) is 4.54. The molecule has 2 N–H and O–H groups in total. The van der Waals surface area contributed by atoms with Crippen molar-refractivity contribution in [3.05, 3.63) is 36.0 Å². The lowest BCUT2D eigenvalue weighted by Crippen LogP contribution is -2.36. The summed E-state index contributed by atoms with van der Waals surface area (Å²) in [6.45, 7) is 3.47. The third-order valence-corrected chi connectivity index (χ3v) is 5.03. The number of nitrogens with zero attached hydrogens (tertiary/aromatic N) is 1. The van der Waals surface area contributed by atoms with E-state index >= 15 is 0 Å². The van der Waals surface area contributed by atoms with Gasteiger partial charge in [-0.3, -0.25) is 4.98 Å². The molecular formula is C14H17N3O2S. The van der Waals surface area contributed by atoms with E-state index in [-0.39, 0.29) is 10.9 Å². The van der Waals surface area contributed by atoms with E-state index in [0.29, 0.717) is 12.1 Å². The van der Waals surface area contributed by atoms with Crippen LogP contribution < -0.4 is 10.0 Å². The van der Waals surface area contributed by atoms with Crippen molar-refractivity contribution in [2.24, 2.45) is 0 Å². The van der Waals surface area contributed by atoms with E-state index in [0.717, 1.165) is 23.9 Å². The first-order valence-corrected chi connectivity index (χ1v) is 8.13. The summed E-state index contributed by atoms with van der Waals surface area (Å²) in [5.74, 6) is 0. The average Bonchev–Trinajstić information content (AvgIpc) is 2.89. The Labute approximate surface area is 118 Å². The lowest BCUT2D eigenvalue weighted by molar-refractivity contribution is 0.561. The standard InChI is InChI=1S/C14H17N3O2S/c1-10-7-11-3-2-4-13(14(11)16-8-10)20(18,19)17-12-5-6-15-9-12/h2-4,7-8,12,15,17H,5-6,9H2,1H3/t12-/m1/s1. The Hall–Kier alpha value is -1.50. The zero-order chi connectivity index (χ0) is 14.2. The molecule has 0 spiro atoms. The van der Waals surface area contributed by atoms with Crippen molar-refractivity contribution in [2.45, 2.75) is 24.3 Å². The number of hydrogen-bond acceptors (Lipinski definition) is 4. The van der Waals surface area contributed by atoms with Gasteiger partial charge in [-0.2, -0.15) is 0 Å². The molecule has 1 aliphatic heterocycles. The van der Waals surface area contributed by atoms with Gasteiger partial charge in [0.2, 0.25) is 10.0 Å². The Balaban J connectivity index is 2.04. The van der Waals surface area contributed by atoms with Crippen LogP contribution in [-0.4, -0.2) is 32.5 Å². The molecule has 20 heavy (non-hydrogen) atoms. The molecule has 1 atom stereocenters. The van der Waals surface area contributed by atoms with Gasteiger partial charge in [0.25, 0.3) is 0 Å². The molecule has 1 aromatic heterocycles. The first kappa shape index (κ1) is 13.5. The summed E-state index contributed by atoms with van der Waals surface area (Å²) in [6, 6.07) is 7.14. The highest BCUT2D eigenvalue weighted by Crippen LogP contribution is 2.22. The molecule has 2 heterocycles. The van der Waals surface area contributed by atoms with Gasteiger partial charge >= 0.3 is 0 Å². The number of nitrogens with one attached hydrogen (secondary N) is 2. The molecule has 1 saturated heterocycles. The minimum Gasteiger partial charge on any atom is -0.315 e. The molecular weight excluding hydrogens is 274 g/mol. The summed E-state index contributed by atoms with van der Waals surface area (Å²) >= 11 is 0. The molecule has 106 valence electrons. The first-order valence-electron chi connectivity index (χ1n) is 6.65. The van der Waals surface area contributed by atoms with Crippen LogP contribution in [0.4, 0.5) is 0 Å². The number of sulfonamides is 1. The van der Waals surface area contributed by atoms with E-state index < -0.39 is 10.0 Å². The van der Waals surface area contributed by atoms with Crippen molar-refractivity contribution >= 4 is 20.9 Å². The molecule has 6 heteroatoms. The van der Waals surface area contributed by atoms with Crippen LogP contribution in [0.1, 0.15) is 12.0 Å². The van der Waals surface area contributed by atoms with Gasteiger partial charge in [-0.25, -0.2) is 13.1 Å². The van der Waals surface area contributed by atoms with Gasteiger partial charge in [0, 0.05) is 24.2 Å². The molecule has 0 unspecified atom stereocenters. The van der Waals surface area contributed by atoms with Gasteiger partial charge in [0.15, 0.2) is 0 Å². The van der Waals surface area contributed by atoms with Crippen LogP contribution in [0, 0.1) is 6.92 Å². The normalized spacial score (nSPS) is 19.6. The summed E-state index contributed by atoms with van der Waals surface area (Å²) in [6.07, 6.45) is 2.51. The fourth-order valence-corrected chi connectivity index (χ4v) is 3.95. The second kappa shape index (κ2) is 5.12. The zero-order valence-corrected chi connectivity index (χ0v) is 12.1. The van der Waals surface area contributed by atoms with Crippen LogP contribution in [0.25, 0.3) is 10.9 Å². The maximum atomic E-state index is 12.5. The molecule has 1 fully saturated rings. The summed E-state index contributed by atoms with van der Waals surface area (Å²) in [5.41, 5.74) is 1.54. The minimum absolute atomic E-state index is 0.0410. The summed E-state index contributed by atoms with van der Waals surface area (Å²) in [5, 5.41) is 3.99.